The molecule has 0 saturated heterocycles. The Bertz CT molecular complexity index is 975. The quantitative estimate of drug-likeness (QED) is 0.518. The van der Waals surface area contributed by atoms with E-state index in [1.807, 2.05) is 29.9 Å². The van der Waals surface area contributed by atoms with Crippen LogP contribution in [0, 0.1) is 6.92 Å². The highest BCUT2D eigenvalue weighted by atomic mass is 35.5. The zero-order valence-electron chi connectivity index (χ0n) is 15.9. The van der Waals surface area contributed by atoms with Crippen LogP contribution in [-0.2, 0) is 6.54 Å². The van der Waals surface area contributed by atoms with Gasteiger partial charge < -0.3 is 15.0 Å². The molecule has 3 rings (SSSR count). The standard InChI is InChI=1S/C20H22FN3OS.2ClH/c1-13-19(14-5-4-6-16(11-14)26-3)20-17(7-8-18(23-20)25-2)24(13)12-15(21)9-10-22;;/h4-9,11H,10,12,22H2,1-3H3;2*1H/b15-9-;;. The molecule has 2 aromatic heterocycles. The number of hydrogen-bond acceptors (Lipinski definition) is 4. The van der Waals surface area contributed by atoms with Gasteiger partial charge >= 0.3 is 0 Å². The van der Waals surface area contributed by atoms with E-state index in [2.05, 4.69) is 23.2 Å². The molecule has 0 bridgehead atoms. The SMILES string of the molecule is COc1ccc2c(n1)c(-c1cccc(SC)c1)c(C)n2C/C(F)=C/CN.Cl.Cl. The largest absolute Gasteiger partial charge is 0.481 e. The van der Waals surface area contributed by atoms with Crippen LogP contribution in [0.1, 0.15) is 5.69 Å². The first-order valence-electron chi connectivity index (χ1n) is 8.32. The predicted octanol–water partition coefficient (Wildman–Crippen LogP) is 5.40. The summed E-state index contributed by atoms with van der Waals surface area (Å²) in [5.74, 6) is 0.280. The number of benzene rings is 1. The van der Waals surface area contributed by atoms with Gasteiger partial charge in [0.15, 0.2) is 0 Å². The average molecular weight is 444 g/mol. The molecule has 0 aliphatic carbocycles. The van der Waals surface area contributed by atoms with Crippen LogP contribution in [0.15, 0.2) is 53.2 Å². The molecule has 28 heavy (non-hydrogen) atoms. The Balaban J connectivity index is 0.00000196. The van der Waals surface area contributed by atoms with Crippen LogP contribution in [-0.4, -0.2) is 29.5 Å². The Hall–Kier alpha value is -1.73. The number of rotatable bonds is 6. The molecular formula is C20H24Cl2FN3OS. The average Bonchev–Trinajstić information content (AvgIpc) is 2.93. The van der Waals surface area contributed by atoms with Crippen molar-refractivity contribution in [2.24, 2.45) is 5.73 Å². The lowest BCUT2D eigenvalue weighted by Crippen LogP contribution is -2.03. The first kappa shape index (κ1) is 24.3. The van der Waals surface area contributed by atoms with Gasteiger partial charge in [-0.15, -0.1) is 36.6 Å². The Labute approximate surface area is 181 Å². The van der Waals surface area contributed by atoms with E-state index in [-0.39, 0.29) is 43.7 Å². The van der Waals surface area contributed by atoms with E-state index in [0.717, 1.165) is 27.9 Å². The van der Waals surface area contributed by atoms with Crippen LogP contribution in [0.4, 0.5) is 4.39 Å². The number of thioether (sulfide) groups is 1. The molecule has 152 valence electrons. The van der Waals surface area contributed by atoms with Crippen molar-refractivity contribution >= 4 is 47.6 Å². The third kappa shape index (κ3) is 4.81. The number of allylic oxidation sites excluding steroid dienone is 1. The van der Waals surface area contributed by atoms with Crippen molar-refractivity contribution in [3.63, 3.8) is 0 Å². The second kappa shape index (κ2) is 10.7. The number of ether oxygens (including phenoxy) is 1. The van der Waals surface area contributed by atoms with Crippen molar-refractivity contribution in [1.29, 1.82) is 0 Å². The summed E-state index contributed by atoms with van der Waals surface area (Å²) in [5.41, 5.74) is 10.1. The van der Waals surface area contributed by atoms with Crippen molar-refractivity contribution in [3.05, 3.63) is 54.0 Å². The van der Waals surface area contributed by atoms with Gasteiger partial charge in [-0.3, -0.25) is 0 Å². The van der Waals surface area contributed by atoms with Crippen molar-refractivity contribution < 1.29 is 9.13 Å². The molecule has 2 N–H and O–H groups in total. The van der Waals surface area contributed by atoms with E-state index >= 15 is 0 Å². The monoisotopic (exact) mass is 443 g/mol. The highest BCUT2D eigenvalue weighted by molar-refractivity contribution is 7.98. The fraction of sp³-hybridized carbons (Fsp3) is 0.250. The number of methoxy groups -OCH3 is 1. The normalized spacial score (nSPS) is 11.1. The summed E-state index contributed by atoms with van der Waals surface area (Å²) < 4.78 is 21.4. The number of nitrogens with zero attached hydrogens (tertiary/aromatic N) is 2. The molecule has 0 unspecified atom stereocenters. The molecule has 3 aromatic rings. The number of pyridine rings is 1. The summed E-state index contributed by atoms with van der Waals surface area (Å²) in [6.07, 6.45) is 3.44. The topological polar surface area (TPSA) is 53.1 Å². The highest BCUT2D eigenvalue weighted by Gasteiger charge is 2.18. The summed E-state index contributed by atoms with van der Waals surface area (Å²) in [7, 11) is 1.59. The maximum Gasteiger partial charge on any atom is 0.213 e. The molecule has 0 amide bonds. The zero-order chi connectivity index (χ0) is 18.7. The molecule has 2 heterocycles. The number of nitrogens with two attached hydrogens (primary N) is 1. The maximum atomic E-state index is 14.2. The van der Waals surface area contributed by atoms with Gasteiger partial charge in [0.2, 0.25) is 5.88 Å². The van der Waals surface area contributed by atoms with E-state index in [9.17, 15) is 4.39 Å². The fourth-order valence-corrected chi connectivity index (χ4v) is 3.57. The summed E-state index contributed by atoms with van der Waals surface area (Å²) in [4.78, 5) is 5.81. The second-order valence-electron chi connectivity index (χ2n) is 5.89. The lowest BCUT2D eigenvalue weighted by Gasteiger charge is -2.08. The Morgan fingerprint density at radius 3 is 2.68 bits per heavy atom. The van der Waals surface area contributed by atoms with Crippen LogP contribution in [0.5, 0.6) is 5.88 Å². The highest BCUT2D eigenvalue weighted by Crippen LogP contribution is 2.36. The van der Waals surface area contributed by atoms with Gasteiger partial charge in [-0.1, -0.05) is 12.1 Å². The molecule has 0 aliphatic rings. The van der Waals surface area contributed by atoms with Crippen LogP contribution in [0.25, 0.3) is 22.2 Å². The van der Waals surface area contributed by atoms with E-state index in [1.54, 1.807) is 24.9 Å². The van der Waals surface area contributed by atoms with Gasteiger partial charge in [0.05, 0.1) is 19.2 Å². The molecule has 0 spiro atoms. The minimum absolute atomic E-state index is 0. The first-order chi connectivity index (χ1) is 12.6. The van der Waals surface area contributed by atoms with Gasteiger partial charge in [0.25, 0.3) is 0 Å². The minimum atomic E-state index is -0.257. The summed E-state index contributed by atoms with van der Waals surface area (Å²) >= 11 is 1.69. The summed E-state index contributed by atoms with van der Waals surface area (Å²) in [5, 5.41) is 0. The predicted molar refractivity (Wildman–Crippen MR) is 121 cm³/mol. The third-order valence-corrected chi connectivity index (χ3v) is 5.08. The number of hydrogen-bond donors (Lipinski definition) is 1. The lowest BCUT2D eigenvalue weighted by molar-refractivity contribution is 0.399. The zero-order valence-corrected chi connectivity index (χ0v) is 18.4. The Morgan fingerprint density at radius 2 is 2.04 bits per heavy atom. The lowest BCUT2D eigenvalue weighted by atomic mass is 10.1. The molecule has 8 heteroatoms. The van der Waals surface area contributed by atoms with Gasteiger partial charge in [-0.25, -0.2) is 9.37 Å². The van der Waals surface area contributed by atoms with Gasteiger partial charge in [0.1, 0.15) is 11.3 Å². The summed E-state index contributed by atoms with van der Waals surface area (Å²) in [6, 6.07) is 12.0. The van der Waals surface area contributed by atoms with Gasteiger partial charge in [0, 0.05) is 28.8 Å². The minimum Gasteiger partial charge on any atom is -0.481 e. The molecule has 4 nitrogen and oxygen atoms in total. The van der Waals surface area contributed by atoms with Gasteiger partial charge in [-0.05, 0) is 43.0 Å². The Kier molecular flexibility index (Phi) is 9.30. The number of fused-ring (bicyclic) bond motifs is 1. The van der Waals surface area contributed by atoms with Gasteiger partial charge in [-0.2, -0.15) is 0 Å². The molecule has 0 radical (unpaired) electrons. The molecule has 0 aliphatic heterocycles. The van der Waals surface area contributed by atoms with E-state index in [0.29, 0.717) is 5.88 Å². The Morgan fingerprint density at radius 1 is 1.29 bits per heavy atom. The third-order valence-electron chi connectivity index (χ3n) is 4.36. The van der Waals surface area contributed by atoms with Crippen LogP contribution < -0.4 is 10.5 Å². The van der Waals surface area contributed by atoms with E-state index in [4.69, 9.17) is 10.5 Å². The smallest absolute Gasteiger partial charge is 0.213 e. The number of halogens is 3. The maximum absolute atomic E-state index is 14.2. The van der Waals surface area contributed by atoms with Crippen molar-refractivity contribution in [2.45, 2.75) is 18.4 Å². The molecular weight excluding hydrogens is 420 g/mol. The van der Waals surface area contributed by atoms with Crippen molar-refractivity contribution in [2.75, 3.05) is 19.9 Å². The molecule has 0 fully saturated rings. The van der Waals surface area contributed by atoms with Crippen LogP contribution in [0.3, 0.4) is 0 Å². The molecule has 0 saturated carbocycles. The second-order valence-corrected chi connectivity index (χ2v) is 6.77. The van der Waals surface area contributed by atoms with E-state index < -0.39 is 0 Å². The van der Waals surface area contributed by atoms with E-state index in [1.165, 1.54) is 11.0 Å². The number of aromatic nitrogens is 2. The van der Waals surface area contributed by atoms with Crippen molar-refractivity contribution in [3.8, 4) is 17.0 Å². The van der Waals surface area contributed by atoms with Crippen LogP contribution >= 0.6 is 36.6 Å². The van der Waals surface area contributed by atoms with Crippen LogP contribution in [0.2, 0.25) is 0 Å². The summed E-state index contributed by atoms with van der Waals surface area (Å²) in [6.45, 7) is 2.31. The first-order valence-corrected chi connectivity index (χ1v) is 9.54. The molecule has 0 atom stereocenters. The van der Waals surface area contributed by atoms with Crippen molar-refractivity contribution in [1.82, 2.24) is 9.55 Å². The molecule has 1 aromatic carbocycles. The fourth-order valence-electron chi connectivity index (χ4n) is 3.11.